The van der Waals surface area contributed by atoms with Crippen LogP contribution in [0.25, 0.3) is 0 Å². The summed E-state index contributed by atoms with van der Waals surface area (Å²) in [5, 5.41) is 13.2. The summed E-state index contributed by atoms with van der Waals surface area (Å²) in [4.78, 5) is 0. The standard InChI is InChI=1S/C14H26N2O/c1-5-9-15-12(2)13-7-6-10-16(13)11-8-14(3,4)17/h6-7,10,12,15,17H,5,8-9,11H2,1-4H3. The first-order valence-corrected chi connectivity index (χ1v) is 6.55. The fourth-order valence-corrected chi connectivity index (χ4v) is 1.88. The summed E-state index contributed by atoms with van der Waals surface area (Å²) >= 11 is 0. The SMILES string of the molecule is CCCNC(C)c1cccn1CCC(C)(C)O. The third-order valence-corrected chi connectivity index (χ3v) is 2.97. The van der Waals surface area contributed by atoms with Gasteiger partial charge < -0.3 is 15.0 Å². The molecule has 3 heteroatoms. The molecule has 0 saturated heterocycles. The molecule has 1 atom stereocenters. The number of aromatic nitrogens is 1. The van der Waals surface area contributed by atoms with E-state index in [-0.39, 0.29) is 0 Å². The van der Waals surface area contributed by atoms with Crippen LogP contribution in [-0.2, 0) is 6.54 Å². The Bertz CT molecular complexity index is 325. The minimum absolute atomic E-state index is 0.367. The predicted molar refractivity (Wildman–Crippen MR) is 72.1 cm³/mol. The van der Waals surface area contributed by atoms with Gasteiger partial charge in [-0.2, -0.15) is 0 Å². The van der Waals surface area contributed by atoms with Crippen LogP contribution in [0.1, 0.15) is 52.3 Å². The van der Waals surface area contributed by atoms with Crippen molar-refractivity contribution in [3.63, 3.8) is 0 Å². The Morgan fingerprint density at radius 1 is 1.47 bits per heavy atom. The molecule has 0 aliphatic carbocycles. The van der Waals surface area contributed by atoms with Gasteiger partial charge in [-0.25, -0.2) is 0 Å². The molecule has 0 bridgehead atoms. The lowest BCUT2D eigenvalue weighted by atomic mass is 10.1. The van der Waals surface area contributed by atoms with Crippen molar-refractivity contribution in [2.45, 2.75) is 58.7 Å². The van der Waals surface area contributed by atoms with Crippen LogP contribution in [0.15, 0.2) is 18.3 Å². The van der Waals surface area contributed by atoms with Gasteiger partial charge in [0.25, 0.3) is 0 Å². The molecule has 2 N–H and O–H groups in total. The lowest BCUT2D eigenvalue weighted by Crippen LogP contribution is -2.24. The molecule has 0 aliphatic heterocycles. The first kappa shape index (κ1) is 14.3. The van der Waals surface area contributed by atoms with Gasteiger partial charge in [0, 0.05) is 24.5 Å². The second kappa shape index (κ2) is 6.22. The van der Waals surface area contributed by atoms with E-state index in [0.29, 0.717) is 6.04 Å². The Kier molecular flexibility index (Phi) is 5.22. The molecule has 1 aromatic rings. The van der Waals surface area contributed by atoms with Gasteiger partial charge in [-0.15, -0.1) is 0 Å². The van der Waals surface area contributed by atoms with Gasteiger partial charge in [0.15, 0.2) is 0 Å². The van der Waals surface area contributed by atoms with Crippen LogP contribution < -0.4 is 5.32 Å². The van der Waals surface area contributed by atoms with Crippen LogP contribution in [0.5, 0.6) is 0 Å². The summed E-state index contributed by atoms with van der Waals surface area (Å²) in [5.41, 5.74) is 0.699. The molecule has 17 heavy (non-hydrogen) atoms. The number of hydrogen-bond donors (Lipinski definition) is 2. The molecule has 1 heterocycles. The minimum Gasteiger partial charge on any atom is -0.390 e. The smallest absolute Gasteiger partial charge is 0.0608 e. The Labute approximate surface area is 105 Å². The summed E-state index contributed by atoms with van der Waals surface area (Å²) in [6, 6.07) is 4.59. The number of hydrogen-bond acceptors (Lipinski definition) is 2. The van der Waals surface area contributed by atoms with E-state index in [4.69, 9.17) is 0 Å². The molecule has 0 aliphatic rings. The molecule has 0 radical (unpaired) electrons. The summed E-state index contributed by atoms with van der Waals surface area (Å²) in [7, 11) is 0. The minimum atomic E-state index is -0.596. The number of nitrogens with one attached hydrogen (secondary N) is 1. The lowest BCUT2D eigenvalue weighted by Gasteiger charge is -2.21. The van der Waals surface area contributed by atoms with E-state index in [9.17, 15) is 5.11 Å². The maximum Gasteiger partial charge on any atom is 0.0608 e. The zero-order valence-corrected chi connectivity index (χ0v) is 11.5. The zero-order chi connectivity index (χ0) is 12.9. The van der Waals surface area contributed by atoms with E-state index in [1.165, 1.54) is 5.69 Å². The average molecular weight is 238 g/mol. The molecule has 0 aromatic carbocycles. The topological polar surface area (TPSA) is 37.2 Å². The van der Waals surface area contributed by atoms with Crippen molar-refractivity contribution in [1.82, 2.24) is 9.88 Å². The van der Waals surface area contributed by atoms with E-state index in [0.717, 1.165) is 25.9 Å². The average Bonchev–Trinajstić information content (AvgIpc) is 2.70. The van der Waals surface area contributed by atoms with Crippen LogP contribution in [0.4, 0.5) is 0 Å². The van der Waals surface area contributed by atoms with Crippen molar-refractivity contribution in [1.29, 1.82) is 0 Å². The summed E-state index contributed by atoms with van der Waals surface area (Å²) in [5.74, 6) is 0. The Morgan fingerprint density at radius 3 is 2.76 bits per heavy atom. The fraction of sp³-hybridized carbons (Fsp3) is 0.714. The molecule has 98 valence electrons. The summed E-state index contributed by atoms with van der Waals surface area (Å²) in [6.07, 6.45) is 4.01. The van der Waals surface area contributed by atoms with Crippen LogP contribution in [0.3, 0.4) is 0 Å². The molecular weight excluding hydrogens is 212 g/mol. The highest BCUT2D eigenvalue weighted by molar-refractivity contribution is 5.11. The second-order valence-corrected chi connectivity index (χ2v) is 5.36. The first-order chi connectivity index (χ1) is 7.94. The van der Waals surface area contributed by atoms with Gasteiger partial charge in [-0.3, -0.25) is 0 Å². The Morgan fingerprint density at radius 2 is 2.18 bits per heavy atom. The maximum atomic E-state index is 9.76. The number of nitrogens with zero attached hydrogens (tertiary/aromatic N) is 1. The van der Waals surface area contributed by atoms with Crippen molar-refractivity contribution in [2.75, 3.05) is 6.54 Å². The van der Waals surface area contributed by atoms with Gasteiger partial charge >= 0.3 is 0 Å². The van der Waals surface area contributed by atoms with Gasteiger partial charge in [0.2, 0.25) is 0 Å². The second-order valence-electron chi connectivity index (χ2n) is 5.36. The number of aryl methyl sites for hydroxylation is 1. The molecule has 0 spiro atoms. The molecule has 1 rings (SSSR count). The Hall–Kier alpha value is -0.800. The van der Waals surface area contributed by atoms with Crippen molar-refractivity contribution in [3.05, 3.63) is 24.0 Å². The maximum absolute atomic E-state index is 9.76. The van der Waals surface area contributed by atoms with E-state index in [1.807, 2.05) is 13.8 Å². The highest BCUT2D eigenvalue weighted by atomic mass is 16.3. The van der Waals surface area contributed by atoms with Gasteiger partial charge in [-0.1, -0.05) is 6.92 Å². The van der Waals surface area contributed by atoms with Crippen molar-refractivity contribution >= 4 is 0 Å². The highest BCUT2D eigenvalue weighted by Crippen LogP contribution is 2.16. The largest absolute Gasteiger partial charge is 0.390 e. The molecule has 0 fully saturated rings. The monoisotopic (exact) mass is 238 g/mol. The van der Waals surface area contributed by atoms with Crippen LogP contribution in [-0.4, -0.2) is 21.8 Å². The fourth-order valence-electron chi connectivity index (χ4n) is 1.88. The third kappa shape index (κ3) is 4.92. The number of rotatable bonds is 7. The van der Waals surface area contributed by atoms with Crippen LogP contribution in [0, 0.1) is 0 Å². The summed E-state index contributed by atoms with van der Waals surface area (Å²) in [6.45, 7) is 9.98. The number of aliphatic hydroxyl groups is 1. The molecular formula is C14H26N2O. The lowest BCUT2D eigenvalue weighted by molar-refractivity contribution is 0.0659. The van der Waals surface area contributed by atoms with E-state index in [2.05, 4.69) is 42.1 Å². The molecule has 3 nitrogen and oxygen atoms in total. The van der Waals surface area contributed by atoms with Crippen molar-refractivity contribution in [2.24, 2.45) is 0 Å². The van der Waals surface area contributed by atoms with E-state index >= 15 is 0 Å². The van der Waals surface area contributed by atoms with Crippen LogP contribution in [0.2, 0.25) is 0 Å². The zero-order valence-electron chi connectivity index (χ0n) is 11.5. The van der Waals surface area contributed by atoms with E-state index < -0.39 is 5.60 Å². The highest BCUT2D eigenvalue weighted by Gasteiger charge is 2.14. The molecule has 0 saturated carbocycles. The quantitative estimate of drug-likeness (QED) is 0.766. The van der Waals surface area contributed by atoms with Crippen LogP contribution >= 0.6 is 0 Å². The first-order valence-electron chi connectivity index (χ1n) is 6.55. The van der Waals surface area contributed by atoms with Crippen molar-refractivity contribution < 1.29 is 5.11 Å². The molecule has 1 unspecified atom stereocenters. The van der Waals surface area contributed by atoms with E-state index in [1.54, 1.807) is 0 Å². The van der Waals surface area contributed by atoms with Gasteiger partial charge in [0.05, 0.1) is 5.60 Å². The molecule has 0 amide bonds. The third-order valence-electron chi connectivity index (χ3n) is 2.97. The van der Waals surface area contributed by atoms with Gasteiger partial charge in [0.1, 0.15) is 0 Å². The normalized spacial score (nSPS) is 13.9. The Balaban J connectivity index is 2.59. The van der Waals surface area contributed by atoms with Gasteiger partial charge in [-0.05, 0) is 52.3 Å². The summed E-state index contributed by atoms with van der Waals surface area (Å²) < 4.78 is 2.23. The predicted octanol–water partition coefficient (Wildman–Crippen LogP) is 2.71. The molecule has 1 aromatic heterocycles. The van der Waals surface area contributed by atoms with Crippen molar-refractivity contribution in [3.8, 4) is 0 Å².